The molecule has 5 nitrogen and oxygen atoms in total. The van der Waals surface area contributed by atoms with Crippen LogP contribution in [0.5, 0.6) is 5.75 Å². The molecule has 27 heavy (non-hydrogen) atoms. The van der Waals surface area contributed by atoms with E-state index in [1.807, 2.05) is 24.3 Å². The van der Waals surface area contributed by atoms with Crippen molar-refractivity contribution in [2.75, 3.05) is 38.2 Å². The van der Waals surface area contributed by atoms with Crippen molar-refractivity contribution in [1.82, 2.24) is 4.90 Å². The second-order valence-electron chi connectivity index (χ2n) is 6.18. The lowest BCUT2D eigenvalue weighted by atomic mass is 10.1. The Labute approximate surface area is 164 Å². The zero-order valence-electron chi connectivity index (χ0n) is 15.1. The Morgan fingerprint density at radius 1 is 1.15 bits per heavy atom. The Morgan fingerprint density at radius 2 is 1.85 bits per heavy atom. The molecular weight excluding hydrogens is 362 g/mol. The van der Waals surface area contributed by atoms with Gasteiger partial charge in [0.15, 0.2) is 0 Å². The molecule has 0 spiro atoms. The van der Waals surface area contributed by atoms with Crippen molar-refractivity contribution in [3.05, 3.63) is 64.7 Å². The molecule has 0 atom stereocenters. The molecule has 0 N–H and O–H groups in total. The standard InChI is InChI=1S/C21H20ClN3O2/c1-27-20-8-7-16(14-19(20)22)13-17(15-23)21(26)25-11-9-24(10-12-25)18-5-3-2-4-6-18/h2-8,13-14H,9-12H2,1H3/b17-13-. The summed E-state index contributed by atoms with van der Waals surface area (Å²) in [5.41, 5.74) is 1.94. The van der Waals surface area contributed by atoms with Gasteiger partial charge in [0.1, 0.15) is 17.4 Å². The van der Waals surface area contributed by atoms with E-state index in [-0.39, 0.29) is 11.5 Å². The number of benzene rings is 2. The van der Waals surface area contributed by atoms with Gasteiger partial charge in [-0.25, -0.2) is 0 Å². The number of piperazine rings is 1. The molecule has 0 radical (unpaired) electrons. The first kappa shape index (κ1) is 18.8. The van der Waals surface area contributed by atoms with Gasteiger partial charge in [0.2, 0.25) is 0 Å². The molecule has 1 amide bonds. The van der Waals surface area contributed by atoms with Crippen molar-refractivity contribution < 1.29 is 9.53 Å². The van der Waals surface area contributed by atoms with Gasteiger partial charge in [-0.1, -0.05) is 35.9 Å². The van der Waals surface area contributed by atoms with Gasteiger partial charge in [0.25, 0.3) is 5.91 Å². The first-order valence-electron chi connectivity index (χ1n) is 8.67. The Hall–Kier alpha value is -2.97. The third-order valence-corrected chi connectivity index (χ3v) is 4.82. The summed E-state index contributed by atoms with van der Waals surface area (Å²) < 4.78 is 5.12. The minimum Gasteiger partial charge on any atom is -0.495 e. The molecule has 0 aromatic heterocycles. The van der Waals surface area contributed by atoms with Crippen molar-refractivity contribution in [1.29, 1.82) is 5.26 Å². The van der Waals surface area contributed by atoms with Gasteiger partial charge in [-0.3, -0.25) is 4.79 Å². The lowest BCUT2D eigenvalue weighted by Crippen LogP contribution is -2.49. The number of methoxy groups -OCH3 is 1. The van der Waals surface area contributed by atoms with Gasteiger partial charge >= 0.3 is 0 Å². The SMILES string of the molecule is COc1ccc(/C=C(/C#N)C(=O)N2CCN(c3ccccc3)CC2)cc1Cl. The molecule has 0 bridgehead atoms. The Kier molecular flexibility index (Phi) is 6.00. The quantitative estimate of drug-likeness (QED) is 0.599. The van der Waals surface area contributed by atoms with Crippen molar-refractivity contribution in [2.24, 2.45) is 0 Å². The van der Waals surface area contributed by atoms with E-state index in [1.165, 1.54) is 7.11 Å². The predicted octanol–water partition coefficient (Wildman–Crippen LogP) is 3.60. The number of halogens is 1. The molecule has 3 rings (SSSR count). The lowest BCUT2D eigenvalue weighted by Gasteiger charge is -2.36. The highest BCUT2D eigenvalue weighted by Gasteiger charge is 2.23. The van der Waals surface area contributed by atoms with Crippen LogP contribution in [0.2, 0.25) is 5.02 Å². The van der Waals surface area contributed by atoms with Crippen LogP contribution in [0.4, 0.5) is 5.69 Å². The highest BCUT2D eigenvalue weighted by atomic mass is 35.5. The van der Waals surface area contributed by atoms with Gasteiger partial charge < -0.3 is 14.5 Å². The predicted molar refractivity (Wildman–Crippen MR) is 107 cm³/mol. The van der Waals surface area contributed by atoms with Crippen LogP contribution in [-0.2, 0) is 4.79 Å². The second kappa shape index (κ2) is 8.61. The third kappa shape index (κ3) is 4.42. The Morgan fingerprint density at radius 3 is 2.44 bits per heavy atom. The summed E-state index contributed by atoms with van der Waals surface area (Å²) in [4.78, 5) is 16.7. The molecule has 1 aliphatic heterocycles. The molecule has 1 fully saturated rings. The number of nitriles is 1. The summed E-state index contributed by atoms with van der Waals surface area (Å²) in [6, 6.07) is 17.3. The summed E-state index contributed by atoms with van der Waals surface area (Å²) in [5, 5.41) is 9.89. The zero-order chi connectivity index (χ0) is 19.2. The van der Waals surface area contributed by atoms with E-state index in [4.69, 9.17) is 16.3 Å². The number of rotatable bonds is 4. The van der Waals surface area contributed by atoms with E-state index in [0.29, 0.717) is 29.4 Å². The summed E-state index contributed by atoms with van der Waals surface area (Å²) in [6.45, 7) is 2.64. The Balaban J connectivity index is 1.69. The van der Waals surface area contributed by atoms with Crippen molar-refractivity contribution >= 4 is 29.3 Å². The first-order chi connectivity index (χ1) is 13.1. The van der Waals surface area contributed by atoms with E-state index in [0.717, 1.165) is 18.8 Å². The van der Waals surface area contributed by atoms with E-state index < -0.39 is 0 Å². The number of hydrogen-bond acceptors (Lipinski definition) is 4. The van der Waals surface area contributed by atoms with E-state index in [1.54, 1.807) is 29.2 Å². The molecule has 0 aliphatic carbocycles. The van der Waals surface area contributed by atoms with Crippen molar-refractivity contribution in [3.63, 3.8) is 0 Å². The average Bonchev–Trinajstić information content (AvgIpc) is 2.72. The van der Waals surface area contributed by atoms with Gasteiger partial charge in [0, 0.05) is 31.9 Å². The minimum absolute atomic E-state index is 0.101. The molecule has 2 aromatic rings. The first-order valence-corrected chi connectivity index (χ1v) is 9.05. The molecule has 1 aliphatic rings. The molecule has 1 heterocycles. The van der Waals surface area contributed by atoms with Crippen LogP contribution >= 0.6 is 11.6 Å². The number of amides is 1. The number of carbonyl (C=O) groups excluding carboxylic acids is 1. The van der Waals surface area contributed by atoms with Gasteiger partial charge in [-0.2, -0.15) is 5.26 Å². The van der Waals surface area contributed by atoms with Gasteiger partial charge in [-0.05, 0) is 35.9 Å². The van der Waals surface area contributed by atoms with Crippen molar-refractivity contribution in [3.8, 4) is 11.8 Å². The molecule has 6 heteroatoms. The summed E-state index contributed by atoms with van der Waals surface area (Å²) >= 11 is 6.12. The van der Waals surface area contributed by atoms with E-state index in [2.05, 4.69) is 17.0 Å². The lowest BCUT2D eigenvalue weighted by molar-refractivity contribution is -0.126. The number of carbonyl (C=O) groups is 1. The van der Waals surface area contributed by atoms with Crippen LogP contribution in [0.3, 0.4) is 0 Å². The molecule has 1 saturated heterocycles. The fourth-order valence-corrected chi connectivity index (χ4v) is 3.32. The van der Waals surface area contributed by atoms with Crippen LogP contribution in [0.15, 0.2) is 54.1 Å². The second-order valence-corrected chi connectivity index (χ2v) is 6.59. The zero-order valence-corrected chi connectivity index (χ0v) is 15.8. The molecular formula is C21H20ClN3O2. The number of para-hydroxylation sites is 1. The average molecular weight is 382 g/mol. The highest BCUT2D eigenvalue weighted by Crippen LogP contribution is 2.26. The maximum Gasteiger partial charge on any atom is 0.264 e. The molecule has 2 aromatic carbocycles. The van der Waals surface area contributed by atoms with Crippen LogP contribution in [-0.4, -0.2) is 44.1 Å². The van der Waals surface area contributed by atoms with Crippen LogP contribution < -0.4 is 9.64 Å². The largest absolute Gasteiger partial charge is 0.495 e. The smallest absolute Gasteiger partial charge is 0.264 e. The minimum atomic E-state index is -0.253. The normalized spacial score (nSPS) is 14.6. The third-order valence-electron chi connectivity index (χ3n) is 4.53. The Bertz CT molecular complexity index is 882. The monoisotopic (exact) mass is 381 g/mol. The van der Waals surface area contributed by atoms with Gasteiger partial charge in [-0.15, -0.1) is 0 Å². The maximum atomic E-state index is 12.7. The number of nitrogens with zero attached hydrogens (tertiary/aromatic N) is 3. The summed E-state index contributed by atoms with van der Waals surface area (Å²) in [7, 11) is 1.54. The summed E-state index contributed by atoms with van der Waals surface area (Å²) in [5.74, 6) is 0.299. The van der Waals surface area contributed by atoms with Gasteiger partial charge in [0.05, 0.1) is 12.1 Å². The molecule has 0 saturated carbocycles. The topological polar surface area (TPSA) is 56.6 Å². The van der Waals surface area contributed by atoms with Crippen molar-refractivity contribution in [2.45, 2.75) is 0 Å². The summed E-state index contributed by atoms with van der Waals surface area (Å²) in [6.07, 6.45) is 1.57. The van der Waals surface area contributed by atoms with E-state index in [9.17, 15) is 10.1 Å². The molecule has 138 valence electrons. The fourth-order valence-electron chi connectivity index (χ4n) is 3.06. The number of hydrogen-bond donors (Lipinski definition) is 0. The van der Waals surface area contributed by atoms with Crippen LogP contribution in [0.25, 0.3) is 6.08 Å². The van der Waals surface area contributed by atoms with Crippen LogP contribution in [0.1, 0.15) is 5.56 Å². The number of anilines is 1. The maximum absolute atomic E-state index is 12.7. The number of ether oxygens (including phenoxy) is 1. The molecule has 0 unspecified atom stereocenters. The van der Waals surface area contributed by atoms with E-state index >= 15 is 0 Å². The van der Waals surface area contributed by atoms with Crippen LogP contribution in [0, 0.1) is 11.3 Å². The highest BCUT2D eigenvalue weighted by molar-refractivity contribution is 6.32. The fraction of sp³-hybridized carbons (Fsp3) is 0.238.